The van der Waals surface area contributed by atoms with Crippen LogP contribution in [-0.4, -0.2) is 20.4 Å². The Bertz CT molecular complexity index is 587. The van der Waals surface area contributed by atoms with Crippen LogP contribution in [0.25, 0.3) is 0 Å². The van der Waals surface area contributed by atoms with Crippen LogP contribution < -0.4 is 5.32 Å². The van der Waals surface area contributed by atoms with Gasteiger partial charge in [-0.15, -0.1) is 0 Å². The summed E-state index contributed by atoms with van der Waals surface area (Å²) in [4.78, 5) is 11.2. The number of hydrogen-bond acceptors (Lipinski definition) is 3. The van der Waals surface area contributed by atoms with Gasteiger partial charge in [0.1, 0.15) is 5.82 Å². The van der Waals surface area contributed by atoms with E-state index >= 15 is 0 Å². The first-order chi connectivity index (χ1) is 8.12. The normalized spacial score (nSPS) is 11.7. The number of halogens is 3. The van der Waals surface area contributed by atoms with Crippen molar-refractivity contribution in [2.75, 3.05) is 0 Å². The van der Waals surface area contributed by atoms with Gasteiger partial charge in [-0.25, -0.2) is 12.8 Å². The number of hydrogen-bond donors (Lipinski definition) is 1. The maximum atomic E-state index is 13.4. The molecule has 4 nitrogen and oxygen atoms in total. The fourth-order valence-corrected chi connectivity index (χ4v) is 2.18. The van der Waals surface area contributed by atoms with Gasteiger partial charge in [-0.2, -0.15) is 0 Å². The molecule has 0 aliphatic rings. The molecule has 0 bridgehead atoms. The fourth-order valence-electron chi connectivity index (χ4n) is 1.21. The van der Waals surface area contributed by atoms with Gasteiger partial charge in [0.25, 0.3) is 15.0 Å². The van der Waals surface area contributed by atoms with Crippen LogP contribution >= 0.6 is 22.3 Å². The van der Waals surface area contributed by atoms with Gasteiger partial charge in [-0.05, 0) is 26.0 Å². The minimum absolute atomic E-state index is 0.201. The summed E-state index contributed by atoms with van der Waals surface area (Å²) in [5, 5.41) is 2.03. The highest BCUT2D eigenvalue weighted by atomic mass is 35.7. The van der Waals surface area contributed by atoms with Gasteiger partial charge < -0.3 is 5.32 Å². The van der Waals surface area contributed by atoms with Crippen LogP contribution in [0.3, 0.4) is 0 Å². The van der Waals surface area contributed by atoms with E-state index in [9.17, 15) is 17.6 Å². The first-order valence-electron chi connectivity index (χ1n) is 4.87. The molecular formula is C10H10Cl2FNO3S. The zero-order valence-corrected chi connectivity index (χ0v) is 11.8. The van der Waals surface area contributed by atoms with Gasteiger partial charge in [-0.1, -0.05) is 11.6 Å². The quantitative estimate of drug-likeness (QED) is 0.872. The summed E-state index contributed by atoms with van der Waals surface area (Å²) in [5.74, 6) is -1.69. The molecular weight excluding hydrogens is 304 g/mol. The minimum Gasteiger partial charge on any atom is -0.350 e. The van der Waals surface area contributed by atoms with Crippen molar-refractivity contribution in [3.63, 3.8) is 0 Å². The monoisotopic (exact) mass is 313 g/mol. The topological polar surface area (TPSA) is 63.2 Å². The zero-order valence-electron chi connectivity index (χ0n) is 9.50. The van der Waals surface area contributed by atoms with Crippen LogP contribution in [0.2, 0.25) is 5.02 Å². The van der Waals surface area contributed by atoms with Crippen LogP contribution in [0.1, 0.15) is 24.2 Å². The summed E-state index contributed by atoms with van der Waals surface area (Å²) in [6.45, 7) is 3.40. The van der Waals surface area contributed by atoms with Gasteiger partial charge in [0.2, 0.25) is 0 Å². The van der Waals surface area contributed by atoms with Crippen LogP contribution in [-0.2, 0) is 9.05 Å². The molecule has 0 heterocycles. The SMILES string of the molecule is CC(C)NC(=O)c1cc(S(=O)(=O)Cl)cc(F)c1Cl. The van der Waals surface area contributed by atoms with Crippen molar-refractivity contribution in [3.8, 4) is 0 Å². The first-order valence-corrected chi connectivity index (χ1v) is 7.56. The summed E-state index contributed by atoms with van der Waals surface area (Å²) in [7, 11) is 0.963. The number of nitrogens with one attached hydrogen (secondary N) is 1. The van der Waals surface area contributed by atoms with Crippen molar-refractivity contribution in [2.24, 2.45) is 0 Å². The van der Waals surface area contributed by atoms with Crippen molar-refractivity contribution in [1.82, 2.24) is 5.32 Å². The van der Waals surface area contributed by atoms with Gasteiger partial charge in [-0.3, -0.25) is 4.79 Å². The van der Waals surface area contributed by atoms with E-state index in [2.05, 4.69) is 5.32 Å². The first kappa shape index (κ1) is 15.2. The second kappa shape index (κ2) is 5.42. The van der Waals surface area contributed by atoms with E-state index in [4.69, 9.17) is 22.3 Å². The second-order valence-corrected chi connectivity index (χ2v) is 6.78. The molecule has 0 aromatic heterocycles. The van der Waals surface area contributed by atoms with Crippen molar-refractivity contribution in [3.05, 3.63) is 28.5 Å². The number of carbonyl (C=O) groups is 1. The van der Waals surface area contributed by atoms with Crippen molar-refractivity contribution in [2.45, 2.75) is 24.8 Å². The molecule has 18 heavy (non-hydrogen) atoms. The number of benzene rings is 1. The standard InChI is InChI=1S/C10H10Cl2FNO3S/c1-5(2)14-10(15)7-3-6(18(12,16)17)4-8(13)9(7)11/h3-5H,1-2H3,(H,14,15). The Hall–Kier alpha value is -0.850. The summed E-state index contributed by atoms with van der Waals surface area (Å²) < 4.78 is 35.7. The molecule has 1 aromatic carbocycles. The van der Waals surface area contributed by atoms with Gasteiger partial charge >= 0.3 is 0 Å². The maximum absolute atomic E-state index is 13.4. The Labute approximate surface area is 114 Å². The minimum atomic E-state index is -4.13. The van der Waals surface area contributed by atoms with E-state index in [1.165, 1.54) is 0 Å². The number of amides is 1. The van der Waals surface area contributed by atoms with Crippen LogP contribution in [0.15, 0.2) is 17.0 Å². The van der Waals surface area contributed by atoms with E-state index < -0.39 is 30.7 Å². The molecule has 0 aliphatic heterocycles. The molecule has 8 heteroatoms. The third-order valence-corrected chi connectivity index (χ3v) is 3.67. The molecule has 0 atom stereocenters. The number of carbonyl (C=O) groups excluding carboxylic acids is 1. The average Bonchev–Trinajstić information content (AvgIpc) is 2.18. The predicted octanol–water partition coefficient (Wildman–Crippen LogP) is 2.54. The Balaban J connectivity index is 3.36. The van der Waals surface area contributed by atoms with E-state index in [-0.39, 0.29) is 11.6 Å². The van der Waals surface area contributed by atoms with E-state index in [0.717, 1.165) is 6.07 Å². The van der Waals surface area contributed by atoms with Crippen molar-refractivity contribution in [1.29, 1.82) is 0 Å². The largest absolute Gasteiger partial charge is 0.350 e. The van der Waals surface area contributed by atoms with Gasteiger partial charge in [0.05, 0.1) is 15.5 Å². The summed E-state index contributed by atoms with van der Waals surface area (Å²) in [6.07, 6.45) is 0. The highest BCUT2D eigenvalue weighted by molar-refractivity contribution is 8.13. The molecule has 1 N–H and O–H groups in total. The molecule has 1 rings (SSSR count). The molecule has 1 amide bonds. The molecule has 0 saturated carbocycles. The maximum Gasteiger partial charge on any atom is 0.261 e. The molecule has 0 spiro atoms. The molecule has 0 saturated heterocycles. The Morgan fingerprint density at radius 1 is 1.39 bits per heavy atom. The molecule has 1 aromatic rings. The molecule has 0 aliphatic carbocycles. The number of rotatable bonds is 3. The lowest BCUT2D eigenvalue weighted by Gasteiger charge is -2.10. The van der Waals surface area contributed by atoms with E-state index in [0.29, 0.717) is 6.07 Å². The lowest BCUT2D eigenvalue weighted by atomic mass is 10.2. The van der Waals surface area contributed by atoms with Crippen LogP contribution in [0.4, 0.5) is 4.39 Å². The molecule has 0 radical (unpaired) electrons. The lowest BCUT2D eigenvalue weighted by Crippen LogP contribution is -2.30. The third-order valence-electron chi connectivity index (χ3n) is 1.95. The smallest absolute Gasteiger partial charge is 0.261 e. The zero-order chi connectivity index (χ0) is 14.1. The van der Waals surface area contributed by atoms with Crippen LogP contribution in [0, 0.1) is 5.82 Å². The Morgan fingerprint density at radius 2 is 1.94 bits per heavy atom. The van der Waals surface area contributed by atoms with Crippen molar-refractivity contribution < 1.29 is 17.6 Å². The summed E-state index contributed by atoms with van der Waals surface area (Å²) >= 11 is 5.62. The predicted molar refractivity (Wildman–Crippen MR) is 67.1 cm³/mol. The summed E-state index contributed by atoms with van der Waals surface area (Å²) in [5.41, 5.74) is -0.274. The van der Waals surface area contributed by atoms with Gasteiger partial charge in [0.15, 0.2) is 0 Å². The van der Waals surface area contributed by atoms with Gasteiger partial charge in [0, 0.05) is 16.7 Å². The van der Waals surface area contributed by atoms with Crippen LogP contribution in [0.5, 0.6) is 0 Å². The molecule has 0 fully saturated rings. The third kappa shape index (κ3) is 3.57. The molecule has 0 unspecified atom stereocenters. The molecule has 100 valence electrons. The fraction of sp³-hybridized carbons (Fsp3) is 0.300. The Morgan fingerprint density at radius 3 is 2.39 bits per heavy atom. The Kier molecular flexibility index (Phi) is 4.58. The van der Waals surface area contributed by atoms with E-state index in [1.807, 2.05) is 0 Å². The van der Waals surface area contributed by atoms with E-state index in [1.54, 1.807) is 13.8 Å². The average molecular weight is 314 g/mol. The highest BCUT2D eigenvalue weighted by Crippen LogP contribution is 2.26. The second-order valence-electron chi connectivity index (χ2n) is 3.83. The highest BCUT2D eigenvalue weighted by Gasteiger charge is 2.20. The summed E-state index contributed by atoms with van der Waals surface area (Å²) in [6, 6.07) is 1.40. The van der Waals surface area contributed by atoms with Crippen molar-refractivity contribution >= 4 is 37.2 Å². The lowest BCUT2D eigenvalue weighted by molar-refractivity contribution is 0.0942.